The molecule has 0 aliphatic rings. The highest BCUT2D eigenvalue weighted by atomic mass is 31.2. The van der Waals surface area contributed by atoms with E-state index >= 15 is 0 Å². The van der Waals surface area contributed by atoms with Crippen molar-refractivity contribution in [2.75, 3.05) is 7.11 Å². The number of methoxy groups -OCH3 is 1. The van der Waals surface area contributed by atoms with E-state index < -0.39 is 7.29 Å². The molecule has 0 unspecified atom stereocenters. The van der Waals surface area contributed by atoms with Crippen molar-refractivity contribution in [1.82, 2.24) is 0 Å². The molecule has 3 rings (SSSR count). The molecule has 0 saturated heterocycles. The van der Waals surface area contributed by atoms with Gasteiger partial charge in [-0.15, -0.1) is 0 Å². The fourth-order valence-electron chi connectivity index (χ4n) is 3.62. The summed E-state index contributed by atoms with van der Waals surface area (Å²) in [6.45, 7) is 10.0. The Morgan fingerprint density at radius 3 is 1.55 bits per heavy atom. The summed E-state index contributed by atoms with van der Waals surface area (Å²) in [7, 11) is -1.57. The predicted molar refractivity (Wildman–Crippen MR) is 124 cm³/mol. The number of aryl methyl sites for hydroxylation is 4. The fourth-order valence-corrected chi connectivity index (χ4v) is 6.20. The second-order valence-corrected chi connectivity index (χ2v) is 10.1. The Bertz CT molecular complexity index is 1020. The van der Waals surface area contributed by atoms with Gasteiger partial charge >= 0.3 is 0 Å². The monoisotopic (exact) mass is 405 g/mol. The summed E-state index contributed by atoms with van der Waals surface area (Å²) in [5.74, 6) is 0.786. The van der Waals surface area contributed by atoms with Crippen molar-refractivity contribution >= 4 is 23.6 Å². The zero-order chi connectivity index (χ0) is 21.2. The Hall–Kier alpha value is -2.64. The van der Waals surface area contributed by atoms with Crippen LogP contribution < -0.4 is 15.3 Å². The Labute approximate surface area is 173 Å². The van der Waals surface area contributed by atoms with Gasteiger partial charge in [-0.05, 0) is 88.7 Å². The summed E-state index contributed by atoms with van der Waals surface area (Å²) in [6, 6.07) is 19.9. The summed E-state index contributed by atoms with van der Waals surface area (Å²) in [5, 5.41) is 1.54. The molecular formula is C25H28NO2P. The van der Waals surface area contributed by atoms with Gasteiger partial charge in [-0.25, -0.2) is 4.76 Å². The van der Waals surface area contributed by atoms with E-state index in [-0.39, 0.29) is 0 Å². The van der Waals surface area contributed by atoms with E-state index in [0.717, 1.165) is 49.9 Å². The van der Waals surface area contributed by atoms with Crippen LogP contribution in [0.2, 0.25) is 0 Å². The molecule has 3 aromatic carbocycles. The van der Waals surface area contributed by atoms with Gasteiger partial charge in [0.05, 0.1) is 7.11 Å². The van der Waals surface area contributed by atoms with Gasteiger partial charge in [-0.3, -0.25) is 4.57 Å². The number of hydrogen-bond acceptors (Lipinski definition) is 2. The lowest BCUT2D eigenvalue weighted by Crippen LogP contribution is -2.17. The molecule has 4 heteroatoms. The van der Waals surface area contributed by atoms with E-state index in [2.05, 4.69) is 12.1 Å². The second kappa shape index (κ2) is 8.39. The molecule has 0 aromatic heterocycles. The van der Waals surface area contributed by atoms with Crippen LogP contribution in [0.5, 0.6) is 5.75 Å². The van der Waals surface area contributed by atoms with Gasteiger partial charge in [0.1, 0.15) is 5.75 Å². The van der Waals surface area contributed by atoms with Gasteiger partial charge in [-0.2, -0.15) is 0 Å². The van der Waals surface area contributed by atoms with E-state index in [1.807, 2.05) is 83.1 Å². The van der Waals surface area contributed by atoms with Gasteiger partial charge in [-0.1, -0.05) is 34.4 Å². The van der Waals surface area contributed by atoms with Crippen LogP contribution in [0.15, 0.2) is 65.4 Å². The van der Waals surface area contributed by atoms with Crippen LogP contribution in [-0.4, -0.2) is 12.8 Å². The van der Waals surface area contributed by atoms with Crippen molar-refractivity contribution in [2.24, 2.45) is 4.76 Å². The van der Waals surface area contributed by atoms with E-state index in [4.69, 9.17) is 9.50 Å². The zero-order valence-corrected chi connectivity index (χ0v) is 18.9. The van der Waals surface area contributed by atoms with Gasteiger partial charge in [0.15, 0.2) is 0 Å². The van der Waals surface area contributed by atoms with E-state index in [1.54, 1.807) is 7.11 Å². The van der Waals surface area contributed by atoms with Crippen molar-refractivity contribution in [3.8, 4) is 5.75 Å². The number of hydrogen-bond donors (Lipinski definition) is 0. The minimum atomic E-state index is -3.22. The molecule has 0 heterocycles. The highest BCUT2D eigenvalue weighted by Gasteiger charge is 2.28. The molecule has 0 bridgehead atoms. The molecule has 0 spiro atoms. The smallest absolute Gasteiger partial charge is 0.247 e. The highest BCUT2D eigenvalue weighted by molar-refractivity contribution is 7.77. The highest BCUT2D eigenvalue weighted by Crippen LogP contribution is 2.46. The summed E-state index contributed by atoms with van der Waals surface area (Å²) in [5.41, 5.74) is 6.02. The van der Waals surface area contributed by atoms with Crippen LogP contribution in [0, 0.1) is 27.7 Å². The minimum absolute atomic E-state index is 0.745. The first-order chi connectivity index (χ1) is 13.7. The maximum atomic E-state index is 14.5. The summed E-state index contributed by atoms with van der Waals surface area (Å²) >= 11 is 0. The van der Waals surface area contributed by atoms with Gasteiger partial charge in [0.2, 0.25) is 7.29 Å². The summed E-state index contributed by atoms with van der Waals surface area (Å²) in [6.07, 6.45) is 0. The number of ether oxygens (including phenoxy) is 1. The van der Waals surface area contributed by atoms with Crippen LogP contribution in [0.4, 0.5) is 0 Å². The first-order valence-electron chi connectivity index (χ1n) is 9.70. The van der Waals surface area contributed by atoms with E-state index in [9.17, 15) is 4.57 Å². The maximum Gasteiger partial charge on any atom is 0.247 e. The Kier molecular flexibility index (Phi) is 6.10. The van der Waals surface area contributed by atoms with Crippen molar-refractivity contribution in [2.45, 2.75) is 34.6 Å². The molecule has 3 nitrogen and oxygen atoms in total. The average Bonchev–Trinajstić information content (AvgIpc) is 2.66. The summed E-state index contributed by atoms with van der Waals surface area (Å²) < 4.78 is 24.6. The topological polar surface area (TPSA) is 38.7 Å². The maximum absolute atomic E-state index is 14.5. The Morgan fingerprint density at radius 1 is 0.759 bits per heavy atom. The van der Waals surface area contributed by atoms with Crippen LogP contribution in [0.25, 0.3) is 0 Å². The number of benzene rings is 3. The summed E-state index contributed by atoms with van der Waals surface area (Å²) in [4.78, 5) is 0. The molecular weight excluding hydrogens is 377 g/mol. The van der Waals surface area contributed by atoms with Crippen LogP contribution in [0.3, 0.4) is 0 Å². The predicted octanol–water partition coefficient (Wildman–Crippen LogP) is 5.67. The third-order valence-corrected chi connectivity index (χ3v) is 7.41. The molecule has 3 aromatic rings. The van der Waals surface area contributed by atoms with Crippen molar-refractivity contribution in [1.29, 1.82) is 0 Å². The second-order valence-electron chi connectivity index (χ2n) is 7.68. The molecule has 0 aliphatic carbocycles. The van der Waals surface area contributed by atoms with Crippen molar-refractivity contribution in [3.05, 3.63) is 88.5 Å². The molecule has 0 fully saturated rings. The number of rotatable bonds is 5. The van der Waals surface area contributed by atoms with E-state index in [1.165, 1.54) is 0 Å². The average molecular weight is 405 g/mol. The van der Waals surface area contributed by atoms with Crippen LogP contribution >= 0.6 is 7.29 Å². The molecule has 0 radical (unpaired) electrons. The van der Waals surface area contributed by atoms with E-state index in [0.29, 0.717) is 0 Å². The normalized spacial score (nSPS) is 12.1. The van der Waals surface area contributed by atoms with Crippen molar-refractivity contribution < 1.29 is 9.30 Å². The SMILES string of the molecule is COc1ccc(/C(C)=N/P(=O)(c2cc(C)cc(C)c2)c2cc(C)cc(C)c2)cc1. The zero-order valence-electron chi connectivity index (χ0n) is 18.0. The Balaban J connectivity index is 2.22. The van der Waals surface area contributed by atoms with Crippen LogP contribution in [0.1, 0.15) is 34.7 Å². The number of nitrogens with zero attached hydrogens (tertiary/aromatic N) is 1. The standard InChI is InChI=1S/C25H28NO2P/c1-17-11-18(2)14-24(13-17)29(27,25-15-19(3)12-20(4)16-25)26-21(5)22-7-9-23(28-6)10-8-22/h7-16H,1-6H3/b26-21+. The van der Waals surface area contributed by atoms with Gasteiger partial charge in [0, 0.05) is 16.3 Å². The van der Waals surface area contributed by atoms with Crippen LogP contribution in [-0.2, 0) is 4.57 Å². The molecule has 0 saturated carbocycles. The largest absolute Gasteiger partial charge is 0.497 e. The molecule has 29 heavy (non-hydrogen) atoms. The minimum Gasteiger partial charge on any atom is -0.497 e. The lowest BCUT2D eigenvalue weighted by atomic mass is 10.1. The lowest BCUT2D eigenvalue weighted by molar-refractivity contribution is 0.415. The lowest BCUT2D eigenvalue weighted by Gasteiger charge is -2.19. The molecule has 0 atom stereocenters. The molecule has 0 amide bonds. The third-order valence-electron chi connectivity index (χ3n) is 4.91. The van der Waals surface area contributed by atoms with Gasteiger partial charge in [0.25, 0.3) is 0 Å². The quantitative estimate of drug-likeness (QED) is 0.405. The first-order valence-corrected chi connectivity index (χ1v) is 11.4. The first kappa shape index (κ1) is 21.1. The third kappa shape index (κ3) is 4.68. The van der Waals surface area contributed by atoms with Crippen molar-refractivity contribution in [3.63, 3.8) is 0 Å². The molecule has 0 N–H and O–H groups in total. The fraction of sp³-hybridized carbons (Fsp3) is 0.240. The Morgan fingerprint density at radius 2 is 1.17 bits per heavy atom. The van der Waals surface area contributed by atoms with Gasteiger partial charge < -0.3 is 4.74 Å². The molecule has 150 valence electrons. The molecule has 0 aliphatic heterocycles.